The molecule has 0 aliphatic heterocycles. The van der Waals surface area contributed by atoms with Gasteiger partial charge in [0.2, 0.25) is 0 Å². The predicted octanol–water partition coefficient (Wildman–Crippen LogP) is 34.6. The van der Waals surface area contributed by atoms with Crippen molar-refractivity contribution >= 4 is 170 Å². The zero-order valence-electron chi connectivity index (χ0n) is 77.6. The Morgan fingerprint density at radius 2 is 0.455 bits per heavy atom. The van der Waals surface area contributed by atoms with Gasteiger partial charge in [-0.25, -0.2) is 29.9 Å². The van der Waals surface area contributed by atoms with Gasteiger partial charge in [-0.2, -0.15) is 0 Å². The van der Waals surface area contributed by atoms with Crippen molar-refractivity contribution in [2.24, 2.45) is 0 Å². The molecule has 0 aliphatic rings. The number of rotatable bonds is 13. The van der Waals surface area contributed by atoms with Crippen LogP contribution in [-0.2, 0) is 0 Å². The van der Waals surface area contributed by atoms with Crippen LogP contribution >= 0.6 is 34.0 Å². The fraction of sp³-hybridized carbons (Fsp3) is 0. The van der Waals surface area contributed by atoms with Gasteiger partial charge in [0, 0.05) is 142 Å². The van der Waals surface area contributed by atoms with Crippen LogP contribution in [0.3, 0.4) is 0 Å². The van der Waals surface area contributed by atoms with E-state index in [9.17, 15) is 0 Å². The summed E-state index contributed by atoms with van der Waals surface area (Å²) >= 11 is 5.53. The molecule has 29 aromatic rings. The molecule has 15 heterocycles. The first kappa shape index (κ1) is 85.5. The van der Waals surface area contributed by atoms with Crippen LogP contribution in [0.15, 0.2) is 474 Å². The second-order valence-electron chi connectivity index (χ2n) is 35.9. The van der Waals surface area contributed by atoms with Crippen LogP contribution < -0.4 is 0 Å². The van der Waals surface area contributed by atoms with Gasteiger partial charge >= 0.3 is 0 Å². The summed E-state index contributed by atoms with van der Waals surface area (Å²) in [5, 5.41) is 20.5. The molecule has 0 amide bonds. The minimum atomic E-state index is 0.794. The van der Waals surface area contributed by atoms with Gasteiger partial charge < -0.3 is 0 Å². The first-order chi connectivity index (χ1) is 71.9. The molecule has 0 unspecified atom stereocenters. The van der Waals surface area contributed by atoms with Gasteiger partial charge in [-0.15, -0.1) is 34.0 Å². The summed E-state index contributed by atoms with van der Waals surface area (Å²) < 4.78 is 7.55. The molecule has 0 aliphatic carbocycles. The first-order valence-corrected chi connectivity index (χ1v) is 50.6. The number of hydrogen-bond donors (Lipinski definition) is 0. The standard InChI is InChI=1S/C46H28N4S.C44H26N4S.C40H24N4S/c1-2-13-33-30(11-1)12-9-16-35(33)45-43-36-14-3-4-20-42(36)51-46(43)37-17-10-15-34(44(37)50-45)31-23-21-29(22-24-31)32-27-40(38-18-5-7-25-47-38)49-41(28-32)39-19-6-8-26-48-39;1-2-12-30-28(11-1)23-35(32-14-4-3-13-31(30)32)43-42-34-15-5-6-18-41(34)49-44(42)33-20-19-27(24-38(33)48-43)29-25-39(36-16-7-9-21-45-36)47-40(26-29)37-17-8-10-22-46-37;1-2-13-27-25(11-1)12-9-16-29(27)39-37-30-14-3-4-20-36(30)45-40(37)31-17-10-15-28(38(31)44-39)26-23-34(32-18-5-7-21-41-32)43-35(24-26)33-19-6-8-22-42-33/h1-28H;1-26H;1-24H. The lowest BCUT2D eigenvalue weighted by Crippen LogP contribution is -1.95. The molecule has 12 nitrogen and oxygen atoms in total. The lowest BCUT2D eigenvalue weighted by molar-refractivity contribution is 1.22. The molecular weight excluding hydrogens is 1830 g/mol. The van der Waals surface area contributed by atoms with E-state index in [0.717, 1.165) is 174 Å². The largest absolute Gasteiger partial charge is 0.255 e. The Morgan fingerprint density at radius 1 is 0.152 bits per heavy atom. The Labute approximate surface area is 844 Å². The Balaban J connectivity index is 0.000000108. The molecule has 0 bridgehead atoms. The van der Waals surface area contributed by atoms with Crippen LogP contribution in [0.2, 0.25) is 0 Å². The molecule has 15 aromatic heterocycles. The van der Waals surface area contributed by atoms with Gasteiger partial charge in [0.05, 0.1) is 102 Å². The summed E-state index contributed by atoms with van der Waals surface area (Å²) in [6.07, 6.45) is 10.8. The average molecular weight is 1900 g/mol. The molecule has 0 atom stereocenters. The van der Waals surface area contributed by atoms with Crippen LogP contribution in [-0.4, -0.2) is 59.8 Å². The average Bonchev–Trinajstić information content (AvgIpc) is 1.65. The molecule has 0 spiro atoms. The maximum Gasteiger partial charge on any atom is 0.0900 e. The third-order valence-corrected chi connectivity index (χ3v) is 30.9. The van der Waals surface area contributed by atoms with Gasteiger partial charge in [0.25, 0.3) is 0 Å². The number of pyridine rings is 12. The van der Waals surface area contributed by atoms with Crippen LogP contribution in [0.5, 0.6) is 0 Å². The molecule has 676 valence electrons. The Bertz CT molecular complexity index is 9970. The summed E-state index contributed by atoms with van der Waals surface area (Å²) in [5.41, 5.74) is 27.7. The molecule has 0 N–H and O–H groups in total. The lowest BCUT2D eigenvalue weighted by atomic mass is 9.93. The summed E-state index contributed by atoms with van der Waals surface area (Å²) in [4.78, 5) is 59.4. The number of thiophene rings is 3. The van der Waals surface area contributed by atoms with Gasteiger partial charge in [-0.05, 0) is 216 Å². The monoisotopic (exact) mass is 1900 g/mol. The van der Waals surface area contributed by atoms with Crippen molar-refractivity contribution < 1.29 is 0 Å². The van der Waals surface area contributed by atoms with Crippen molar-refractivity contribution in [2.45, 2.75) is 0 Å². The molecule has 0 saturated heterocycles. The van der Waals surface area contributed by atoms with Crippen LogP contribution in [0.4, 0.5) is 0 Å². The Hall–Kier alpha value is -18.6. The second kappa shape index (κ2) is 36.5. The number of hydrogen-bond acceptors (Lipinski definition) is 15. The fourth-order valence-corrected chi connectivity index (χ4v) is 24.3. The molecule has 0 radical (unpaired) electrons. The van der Waals surface area contributed by atoms with Crippen LogP contribution in [0.25, 0.3) is 283 Å². The van der Waals surface area contributed by atoms with Gasteiger partial charge in [-0.3, -0.25) is 29.9 Å². The van der Waals surface area contributed by atoms with E-state index < -0.39 is 0 Å². The van der Waals surface area contributed by atoms with E-state index in [1.54, 1.807) is 37.2 Å². The van der Waals surface area contributed by atoms with Crippen molar-refractivity contribution in [1.29, 1.82) is 0 Å². The number of aromatic nitrogens is 12. The number of nitrogens with zero attached hydrogens (tertiary/aromatic N) is 12. The maximum absolute atomic E-state index is 5.58. The molecule has 0 saturated carbocycles. The number of fused-ring (bicyclic) bond motifs is 20. The zero-order valence-corrected chi connectivity index (χ0v) is 80.1. The normalized spacial score (nSPS) is 11.6. The minimum Gasteiger partial charge on any atom is -0.255 e. The topological polar surface area (TPSA) is 155 Å². The first-order valence-electron chi connectivity index (χ1n) is 48.1. The third-order valence-electron chi connectivity index (χ3n) is 27.3. The smallest absolute Gasteiger partial charge is 0.0900 e. The van der Waals surface area contributed by atoms with Gasteiger partial charge in [0.1, 0.15) is 0 Å². The highest BCUT2D eigenvalue weighted by Crippen LogP contribution is 2.52. The van der Waals surface area contributed by atoms with E-state index >= 15 is 0 Å². The van der Waals surface area contributed by atoms with E-state index in [-0.39, 0.29) is 0 Å². The Kier molecular flexibility index (Phi) is 21.6. The summed E-state index contributed by atoms with van der Waals surface area (Å²) in [5.74, 6) is 0. The SMILES string of the molecule is c1ccc(-c2cc(-c3ccc(-c4cccc5c4nc(-c4cccc6ccccc46)c4c6ccccc6sc54)cc3)cc(-c3ccccn3)n2)nc1.c1ccc(-c2cc(-c3ccc4c(c3)nc(-c3cc5ccccc5c5ccccc35)c3c5ccccc5sc43)cc(-c3ccccn3)n2)nc1.c1ccc(-c2cc(-c3cccc4c3nc(-c3cccc5ccccc35)c3c5ccccc5sc43)cc(-c3ccccn3)n2)nc1. The van der Waals surface area contributed by atoms with Gasteiger partial charge in [-0.1, -0.05) is 297 Å². The molecule has 14 aromatic carbocycles. The van der Waals surface area contributed by atoms with Crippen molar-refractivity contribution in [3.05, 3.63) is 474 Å². The lowest BCUT2D eigenvalue weighted by Gasteiger charge is -2.14. The fourth-order valence-electron chi connectivity index (χ4n) is 20.6. The van der Waals surface area contributed by atoms with E-state index in [2.05, 4.69) is 357 Å². The van der Waals surface area contributed by atoms with E-state index in [1.807, 2.05) is 143 Å². The quantitative estimate of drug-likeness (QED) is 0.101. The highest BCUT2D eigenvalue weighted by Gasteiger charge is 2.27. The van der Waals surface area contributed by atoms with Crippen LogP contribution in [0, 0.1) is 0 Å². The summed E-state index contributed by atoms with van der Waals surface area (Å²) in [6.45, 7) is 0. The maximum atomic E-state index is 5.58. The van der Waals surface area contributed by atoms with Crippen molar-refractivity contribution in [2.75, 3.05) is 0 Å². The second-order valence-corrected chi connectivity index (χ2v) is 39.1. The van der Waals surface area contributed by atoms with Crippen molar-refractivity contribution in [1.82, 2.24) is 59.8 Å². The third kappa shape index (κ3) is 15.6. The highest BCUT2D eigenvalue weighted by atomic mass is 32.1. The highest BCUT2D eigenvalue weighted by molar-refractivity contribution is 7.27. The van der Waals surface area contributed by atoms with Gasteiger partial charge in [0.15, 0.2) is 0 Å². The predicted molar refractivity (Wildman–Crippen MR) is 605 cm³/mol. The summed E-state index contributed by atoms with van der Waals surface area (Å²) in [6, 6.07) is 153. The van der Waals surface area contributed by atoms with E-state index in [0.29, 0.717) is 0 Å². The van der Waals surface area contributed by atoms with E-state index in [1.165, 1.54) is 109 Å². The van der Waals surface area contributed by atoms with Crippen molar-refractivity contribution in [3.63, 3.8) is 0 Å². The minimum absolute atomic E-state index is 0.794. The van der Waals surface area contributed by atoms with Crippen LogP contribution in [0.1, 0.15) is 0 Å². The number of para-hydroxylation sites is 2. The summed E-state index contributed by atoms with van der Waals surface area (Å²) in [7, 11) is 0. The molecule has 29 rings (SSSR count). The molecule has 15 heteroatoms. The van der Waals surface area contributed by atoms with Crippen molar-refractivity contribution in [3.8, 4) is 147 Å². The molecular formula is C130H78N12S3. The molecule has 145 heavy (non-hydrogen) atoms. The molecule has 0 fully saturated rings. The zero-order chi connectivity index (χ0) is 95.8. The number of benzene rings is 14. The van der Waals surface area contributed by atoms with E-state index in [4.69, 9.17) is 29.9 Å². The Morgan fingerprint density at radius 3 is 0.876 bits per heavy atom.